The minimum Gasteiger partial charge on any atom is -1.00 e. The Morgan fingerprint density at radius 3 is 2.27 bits per heavy atom. The van der Waals surface area contributed by atoms with Gasteiger partial charge in [-0.1, -0.05) is 42.5 Å². The molecule has 1 aromatic heterocycles. The van der Waals surface area contributed by atoms with Gasteiger partial charge in [-0.3, -0.25) is 11.3 Å². The number of hydrogen-bond donors (Lipinski definition) is 0. The monoisotopic (exact) mass is 284 g/mol. The molecule has 0 spiro atoms. The molecule has 0 radical (unpaired) electrons. The molecule has 72 valence electrons. The van der Waals surface area contributed by atoms with Crippen LogP contribution in [0.4, 0.5) is 0 Å². The van der Waals surface area contributed by atoms with Crippen LogP contribution in [0.2, 0.25) is 0 Å². The third-order valence-corrected chi connectivity index (χ3v) is 2.75. The van der Waals surface area contributed by atoms with Crippen LogP contribution in [0.5, 0.6) is 0 Å². The van der Waals surface area contributed by atoms with E-state index in [1.807, 2.05) is 12.1 Å². The fourth-order valence-electron chi connectivity index (χ4n) is 1.18. The minimum absolute atomic E-state index is 0. The fraction of sp³-hybridized carbons (Fsp3) is 0. The third kappa shape index (κ3) is 3.57. The Bertz CT molecular complexity index is 392. The van der Waals surface area contributed by atoms with Gasteiger partial charge in [-0.05, 0) is 5.56 Å². The molecule has 0 aliphatic rings. The SMILES string of the molecule is C=Cc1ccc(-c2cc[c-]s2)cc1.[Cl-].[Zn+2]. The predicted octanol–water partition coefficient (Wildman–Crippen LogP) is 0.860. The van der Waals surface area contributed by atoms with Gasteiger partial charge in [0.15, 0.2) is 0 Å². The zero-order chi connectivity index (χ0) is 9.10. The van der Waals surface area contributed by atoms with Crippen LogP contribution >= 0.6 is 11.3 Å². The second kappa shape index (κ2) is 6.95. The van der Waals surface area contributed by atoms with E-state index in [1.165, 1.54) is 10.4 Å². The molecule has 0 N–H and O–H groups in total. The molecule has 2 rings (SSSR count). The van der Waals surface area contributed by atoms with Gasteiger partial charge in [-0.2, -0.15) is 12.1 Å². The van der Waals surface area contributed by atoms with E-state index >= 15 is 0 Å². The van der Waals surface area contributed by atoms with Crippen LogP contribution in [-0.2, 0) is 19.5 Å². The van der Waals surface area contributed by atoms with Crippen molar-refractivity contribution in [1.29, 1.82) is 0 Å². The van der Waals surface area contributed by atoms with E-state index in [9.17, 15) is 0 Å². The zero-order valence-electron chi connectivity index (χ0n) is 8.24. The van der Waals surface area contributed by atoms with Crippen molar-refractivity contribution < 1.29 is 31.9 Å². The summed E-state index contributed by atoms with van der Waals surface area (Å²) in [6, 6.07) is 12.4. The first-order valence-corrected chi connectivity index (χ1v) is 4.90. The Morgan fingerprint density at radius 2 is 1.80 bits per heavy atom. The van der Waals surface area contributed by atoms with Crippen molar-refractivity contribution in [1.82, 2.24) is 0 Å². The number of rotatable bonds is 2. The molecule has 0 aliphatic heterocycles. The van der Waals surface area contributed by atoms with E-state index in [1.54, 1.807) is 11.3 Å². The van der Waals surface area contributed by atoms with E-state index in [0.717, 1.165) is 5.56 Å². The van der Waals surface area contributed by atoms with Gasteiger partial charge in [0.05, 0.1) is 0 Å². The zero-order valence-corrected chi connectivity index (χ0v) is 12.8. The third-order valence-electron chi connectivity index (χ3n) is 1.90. The smallest absolute Gasteiger partial charge is 1.00 e. The van der Waals surface area contributed by atoms with Crippen molar-refractivity contribution in [2.24, 2.45) is 0 Å². The molecule has 0 aliphatic carbocycles. The molecule has 1 heterocycles. The maximum Gasteiger partial charge on any atom is 2.00 e. The summed E-state index contributed by atoms with van der Waals surface area (Å²) in [6.07, 6.45) is 1.85. The summed E-state index contributed by atoms with van der Waals surface area (Å²) < 4.78 is 0. The first-order valence-electron chi connectivity index (χ1n) is 4.09. The average molecular weight is 286 g/mol. The van der Waals surface area contributed by atoms with Gasteiger partial charge < -0.3 is 12.4 Å². The predicted molar refractivity (Wildman–Crippen MR) is 58.7 cm³/mol. The van der Waals surface area contributed by atoms with Crippen molar-refractivity contribution in [3.8, 4) is 10.4 Å². The molecule has 0 fully saturated rings. The normalized spacial score (nSPS) is 8.53. The van der Waals surface area contributed by atoms with E-state index in [0.29, 0.717) is 0 Å². The van der Waals surface area contributed by atoms with Gasteiger partial charge >= 0.3 is 19.5 Å². The van der Waals surface area contributed by atoms with Crippen LogP contribution in [0, 0.1) is 5.38 Å². The van der Waals surface area contributed by atoms with Gasteiger partial charge in [0.1, 0.15) is 0 Å². The summed E-state index contributed by atoms with van der Waals surface area (Å²) in [6.45, 7) is 3.72. The number of halogens is 1. The molecule has 15 heavy (non-hydrogen) atoms. The van der Waals surface area contributed by atoms with E-state index < -0.39 is 0 Å². The van der Waals surface area contributed by atoms with E-state index in [-0.39, 0.29) is 31.9 Å². The summed E-state index contributed by atoms with van der Waals surface area (Å²) in [4.78, 5) is 1.26. The molecule has 0 saturated heterocycles. The average Bonchev–Trinajstić information content (AvgIpc) is 2.71. The molecule has 0 saturated carbocycles. The van der Waals surface area contributed by atoms with Crippen molar-refractivity contribution in [2.45, 2.75) is 0 Å². The Labute approximate surface area is 113 Å². The molecule has 2 aromatic rings. The van der Waals surface area contributed by atoms with Crippen LogP contribution in [0.15, 0.2) is 43.0 Å². The van der Waals surface area contributed by atoms with Crippen LogP contribution in [0.25, 0.3) is 16.5 Å². The first kappa shape index (κ1) is 14.6. The molecular formula is C12H9ClSZn. The van der Waals surface area contributed by atoms with Gasteiger partial charge in [-0.15, -0.1) is 10.3 Å². The standard InChI is InChI=1S/C12H9S.ClH.Zn/c1-2-10-5-7-11(8-6-10)12-4-3-9-13-12;;/h2-8H,1H2;1H;/q-1;;+2/p-1. The molecule has 0 bridgehead atoms. The van der Waals surface area contributed by atoms with E-state index in [2.05, 4.69) is 42.3 Å². The Balaban J connectivity index is 0.000000980. The molecule has 0 amide bonds. The van der Waals surface area contributed by atoms with Crippen LogP contribution < -0.4 is 12.4 Å². The van der Waals surface area contributed by atoms with Crippen molar-refractivity contribution in [3.63, 3.8) is 0 Å². The Hall–Kier alpha value is -0.427. The molecule has 0 atom stereocenters. The Morgan fingerprint density at radius 1 is 1.13 bits per heavy atom. The fourth-order valence-corrected chi connectivity index (χ4v) is 1.83. The summed E-state index contributed by atoms with van der Waals surface area (Å²) in [5.41, 5.74) is 2.40. The van der Waals surface area contributed by atoms with Gasteiger partial charge in [-0.25, -0.2) is 0 Å². The van der Waals surface area contributed by atoms with Crippen LogP contribution in [0.1, 0.15) is 5.56 Å². The molecular weight excluding hydrogens is 277 g/mol. The Kier molecular flexibility index (Phi) is 6.75. The van der Waals surface area contributed by atoms with Crippen LogP contribution in [0.3, 0.4) is 0 Å². The van der Waals surface area contributed by atoms with Crippen molar-refractivity contribution in [2.75, 3.05) is 0 Å². The first-order chi connectivity index (χ1) is 6.40. The van der Waals surface area contributed by atoms with Crippen LogP contribution in [-0.4, -0.2) is 0 Å². The van der Waals surface area contributed by atoms with Crippen molar-refractivity contribution in [3.05, 3.63) is 53.9 Å². The minimum atomic E-state index is 0. The molecule has 1 aromatic carbocycles. The second-order valence-electron chi connectivity index (χ2n) is 2.74. The van der Waals surface area contributed by atoms with E-state index in [4.69, 9.17) is 0 Å². The number of hydrogen-bond acceptors (Lipinski definition) is 1. The summed E-state index contributed by atoms with van der Waals surface area (Å²) in [5.74, 6) is 0. The number of benzene rings is 1. The quantitative estimate of drug-likeness (QED) is 0.567. The summed E-state index contributed by atoms with van der Waals surface area (Å²) in [5, 5.41) is 3.08. The summed E-state index contributed by atoms with van der Waals surface area (Å²) >= 11 is 1.64. The topological polar surface area (TPSA) is 0 Å². The molecule has 3 heteroatoms. The maximum absolute atomic E-state index is 3.72. The van der Waals surface area contributed by atoms with Gasteiger partial charge in [0.2, 0.25) is 0 Å². The second-order valence-corrected chi connectivity index (χ2v) is 3.62. The van der Waals surface area contributed by atoms with Gasteiger partial charge in [0, 0.05) is 0 Å². The molecule has 0 nitrogen and oxygen atoms in total. The number of thiophene rings is 1. The molecule has 0 unspecified atom stereocenters. The van der Waals surface area contributed by atoms with Crippen molar-refractivity contribution >= 4 is 17.4 Å². The largest absolute Gasteiger partial charge is 2.00 e. The summed E-state index contributed by atoms with van der Waals surface area (Å²) in [7, 11) is 0. The van der Waals surface area contributed by atoms with Gasteiger partial charge in [0.25, 0.3) is 0 Å². The maximum atomic E-state index is 3.72.